The van der Waals surface area contributed by atoms with Gasteiger partial charge in [-0.2, -0.15) is 0 Å². The first kappa shape index (κ1) is 15.2. The lowest BCUT2D eigenvalue weighted by molar-refractivity contribution is -0.153. The molecule has 2 aliphatic heterocycles. The minimum absolute atomic E-state index is 0.237. The normalized spacial score (nSPS) is 31.3. The van der Waals surface area contributed by atoms with E-state index in [9.17, 15) is 14.7 Å². The number of carbonyl (C=O) groups excluding carboxylic acids is 1. The summed E-state index contributed by atoms with van der Waals surface area (Å²) in [7, 11) is 1.40. The summed E-state index contributed by atoms with van der Waals surface area (Å²) in [6, 6.07) is 4.26. The van der Waals surface area contributed by atoms with Crippen LogP contribution in [-0.4, -0.2) is 52.3 Å². The fraction of sp³-hybridized carbons (Fsp3) is 0.375. The van der Waals surface area contributed by atoms with Crippen molar-refractivity contribution in [3.05, 3.63) is 35.7 Å². The number of carboxylic acid groups (broad SMARTS) is 1. The molecule has 0 saturated carbocycles. The molecule has 2 saturated heterocycles. The van der Waals surface area contributed by atoms with E-state index >= 15 is 0 Å². The number of pyridine rings is 1. The molecule has 1 aromatic heterocycles. The van der Waals surface area contributed by atoms with Crippen LogP contribution in [0.5, 0.6) is 0 Å². The fourth-order valence-corrected chi connectivity index (χ4v) is 3.34. The van der Waals surface area contributed by atoms with Crippen molar-refractivity contribution in [2.45, 2.75) is 25.4 Å². The zero-order valence-electron chi connectivity index (χ0n) is 12.8. The summed E-state index contributed by atoms with van der Waals surface area (Å²) in [5.41, 5.74) is 0.494. The number of β-lactam (4-membered cyclic amide) rings is 1. The zero-order valence-corrected chi connectivity index (χ0v) is 12.8. The lowest BCUT2D eigenvalue weighted by Gasteiger charge is -2.40. The van der Waals surface area contributed by atoms with Crippen molar-refractivity contribution in [2.24, 2.45) is 10.6 Å². The molecule has 0 aliphatic carbocycles. The maximum Gasteiger partial charge on any atom is 0.327 e. The van der Waals surface area contributed by atoms with E-state index in [1.54, 1.807) is 31.3 Å². The Balaban J connectivity index is 1.94. The Bertz CT molecular complexity index is 701. The quantitative estimate of drug-likeness (QED) is 0.390. The third-order valence-corrected chi connectivity index (χ3v) is 4.39. The van der Waals surface area contributed by atoms with Crippen LogP contribution in [0.3, 0.4) is 0 Å². The first-order valence-corrected chi connectivity index (χ1v) is 7.24. The Hall–Kier alpha value is -2.70. The van der Waals surface area contributed by atoms with Crippen LogP contribution in [0, 0.1) is 5.41 Å². The lowest BCUT2D eigenvalue weighted by atomic mass is 9.82. The maximum atomic E-state index is 12.4. The third-order valence-electron chi connectivity index (χ3n) is 4.39. The number of carbonyl (C=O) groups is 2. The number of nitrogens with zero attached hydrogens (tertiary/aromatic N) is 3. The van der Waals surface area contributed by atoms with Crippen molar-refractivity contribution in [2.75, 3.05) is 7.11 Å². The number of aliphatic carboxylic acids is 1. The van der Waals surface area contributed by atoms with E-state index in [0.717, 1.165) is 0 Å². The van der Waals surface area contributed by atoms with Crippen molar-refractivity contribution >= 4 is 24.2 Å². The SMILES string of the molecule is CO/N=C/[C@]1(C)CC2/C(=C\c3ccccn3)C(=O)N2[C@H]1C(=O)O. The Kier molecular flexibility index (Phi) is 3.63. The van der Waals surface area contributed by atoms with Crippen LogP contribution in [0.4, 0.5) is 0 Å². The summed E-state index contributed by atoms with van der Waals surface area (Å²) in [6.07, 6.45) is 5.34. The molecular formula is C16H17N3O4. The molecule has 0 aromatic carbocycles. The molecule has 3 rings (SSSR count). The monoisotopic (exact) mass is 315 g/mol. The first-order valence-electron chi connectivity index (χ1n) is 7.24. The van der Waals surface area contributed by atoms with Crippen LogP contribution in [0.1, 0.15) is 19.0 Å². The number of carboxylic acids is 1. The molecule has 3 atom stereocenters. The van der Waals surface area contributed by atoms with E-state index in [4.69, 9.17) is 0 Å². The molecule has 1 N–H and O–H groups in total. The highest BCUT2D eigenvalue weighted by Gasteiger charge is 2.61. The van der Waals surface area contributed by atoms with Crippen LogP contribution >= 0.6 is 0 Å². The van der Waals surface area contributed by atoms with E-state index in [1.807, 2.05) is 6.07 Å². The smallest absolute Gasteiger partial charge is 0.327 e. The summed E-state index contributed by atoms with van der Waals surface area (Å²) in [6.45, 7) is 1.78. The van der Waals surface area contributed by atoms with Crippen molar-refractivity contribution in [1.82, 2.24) is 9.88 Å². The Labute approximate surface area is 133 Å². The van der Waals surface area contributed by atoms with Gasteiger partial charge >= 0.3 is 5.97 Å². The predicted molar refractivity (Wildman–Crippen MR) is 82.5 cm³/mol. The largest absolute Gasteiger partial charge is 0.480 e. The van der Waals surface area contributed by atoms with Gasteiger partial charge in [0, 0.05) is 17.2 Å². The van der Waals surface area contributed by atoms with Gasteiger partial charge in [-0.05, 0) is 24.6 Å². The van der Waals surface area contributed by atoms with Gasteiger partial charge in [0.05, 0.1) is 18.0 Å². The minimum atomic E-state index is -1.04. The van der Waals surface area contributed by atoms with Gasteiger partial charge < -0.3 is 14.8 Å². The second kappa shape index (κ2) is 5.49. The Morgan fingerprint density at radius 1 is 1.57 bits per heavy atom. The number of aromatic nitrogens is 1. The summed E-state index contributed by atoms with van der Waals surface area (Å²) in [4.78, 5) is 34.3. The van der Waals surface area contributed by atoms with Gasteiger partial charge in [-0.1, -0.05) is 18.1 Å². The van der Waals surface area contributed by atoms with Gasteiger partial charge in [0.1, 0.15) is 13.2 Å². The van der Waals surface area contributed by atoms with Gasteiger partial charge in [-0.15, -0.1) is 0 Å². The second-order valence-corrected chi connectivity index (χ2v) is 5.95. The molecule has 1 amide bonds. The average Bonchev–Trinajstić information content (AvgIpc) is 2.82. The molecule has 23 heavy (non-hydrogen) atoms. The number of amides is 1. The van der Waals surface area contributed by atoms with Crippen LogP contribution in [0.2, 0.25) is 0 Å². The van der Waals surface area contributed by atoms with Crippen molar-refractivity contribution in [3.63, 3.8) is 0 Å². The van der Waals surface area contributed by atoms with Crippen LogP contribution < -0.4 is 0 Å². The molecule has 2 aliphatic rings. The third kappa shape index (κ3) is 2.38. The molecular weight excluding hydrogens is 298 g/mol. The molecule has 0 radical (unpaired) electrons. The zero-order chi connectivity index (χ0) is 16.6. The number of hydrogen-bond acceptors (Lipinski definition) is 5. The fourth-order valence-electron chi connectivity index (χ4n) is 3.34. The van der Waals surface area contributed by atoms with E-state index < -0.39 is 17.4 Å². The topological polar surface area (TPSA) is 92.1 Å². The summed E-state index contributed by atoms with van der Waals surface area (Å²) in [5.74, 6) is -1.30. The number of rotatable bonds is 4. The van der Waals surface area contributed by atoms with E-state index in [0.29, 0.717) is 17.7 Å². The predicted octanol–water partition coefficient (Wildman–Crippen LogP) is 1.17. The summed E-state index contributed by atoms with van der Waals surface area (Å²) < 4.78 is 0. The van der Waals surface area contributed by atoms with Crippen molar-refractivity contribution < 1.29 is 19.5 Å². The first-order chi connectivity index (χ1) is 11.0. The minimum Gasteiger partial charge on any atom is -0.480 e. The van der Waals surface area contributed by atoms with Gasteiger partial charge in [-0.25, -0.2) is 4.79 Å². The van der Waals surface area contributed by atoms with Gasteiger partial charge in [-0.3, -0.25) is 9.78 Å². The maximum absolute atomic E-state index is 12.4. The van der Waals surface area contributed by atoms with Crippen molar-refractivity contribution in [3.8, 4) is 0 Å². The van der Waals surface area contributed by atoms with Gasteiger partial charge in [0.15, 0.2) is 0 Å². The highest BCUT2D eigenvalue weighted by atomic mass is 16.6. The van der Waals surface area contributed by atoms with Crippen LogP contribution in [-0.2, 0) is 14.4 Å². The molecule has 0 spiro atoms. The summed E-state index contributed by atoms with van der Waals surface area (Å²) in [5, 5.41) is 13.3. The molecule has 120 valence electrons. The number of fused-ring (bicyclic) bond motifs is 1. The van der Waals surface area contributed by atoms with Crippen LogP contribution in [0.25, 0.3) is 6.08 Å². The molecule has 3 heterocycles. The molecule has 2 fully saturated rings. The Morgan fingerprint density at radius 2 is 2.35 bits per heavy atom. The summed E-state index contributed by atoms with van der Waals surface area (Å²) >= 11 is 0. The molecule has 7 heteroatoms. The molecule has 0 bridgehead atoms. The standard InChI is InChI=1S/C16H17N3O4/c1-16(9-18-23-2)8-12-11(7-10-5-3-4-6-17-10)14(20)19(12)13(16)15(21)22/h3-7,9,12-13H,8H2,1-2H3,(H,21,22)/b11-7+,18-9+/t12?,13-,16-/m0/s1. The second-order valence-electron chi connectivity index (χ2n) is 5.95. The van der Waals surface area contributed by atoms with E-state index in [2.05, 4.69) is 15.0 Å². The highest BCUT2D eigenvalue weighted by molar-refractivity contribution is 6.09. The van der Waals surface area contributed by atoms with Crippen molar-refractivity contribution in [1.29, 1.82) is 0 Å². The number of oxime groups is 1. The van der Waals surface area contributed by atoms with Crippen LogP contribution in [0.15, 0.2) is 35.1 Å². The lowest BCUT2D eigenvalue weighted by Crippen LogP contribution is -2.58. The van der Waals surface area contributed by atoms with Gasteiger partial charge in [0.25, 0.3) is 5.91 Å². The average molecular weight is 315 g/mol. The van der Waals surface area contributed by atoms with E-state index in [-0.39, 0.29) is 11.9 Å². The van der Waals surface area contributed by atoms with Gasteiger partial charge in [0.2, 0.25) is 0 Å². The molecule has 1 unspecified atom stereocenters. The molecule has 7 nitrogen and oxygen atoms in total. The number of hydrogen-bond donors (Lipinski definition) is 1. The van der Waals surface area contributed by atoms with E-state index in [1.165, 1.54) is 18.2 Å². The Morgan fingerprint density at radius 3 is 2.96 bits per heavy atom. The highest BCUT2D eigenvalue weighted by Crippen LogP contribution is 2.48. The molecule has 1 aromatic rings.